The highest BCUT2D eigenvalue weighted by Crippen LogP contribution is 2.37. The minimum atomic E-state index is 0. The van der Waals surface area contributed by atoms with Gasteiger partial charge in [0, 0.05) is 18.4 Å². The molecule has 0 radical (unpaired) electrons. The molecule has 3 aliphatic rings. The van der Waals surface area contributed by atoms with E-state index in [2.05, 4.69) is 22.0 Å². The van der Waals surface area contributed by atoms with Crippen LogP contribution in [-0.4, -0.2) is 23.0 Å². The number of pyridine rings is 1. The summed E-state index contributed by atoms with van der Waals surface area (Å²) >= 11 is 0. The van der Waals surface area contributed by atoms with Crippen molar-refractivity contribution in [2.24, 2.45) is 5.92 Å². The molecule has 0 spiro atoms. The van der Waals surface area contributed by atoms with Crippen LogP contribution >= 0.6 is 24.8 Å². The third kappa shape index (κ3) is 3.12. The molecule has 2 nitrogen and oxygen atoms in total. The minimum absolute atomic E-state index is 0. The summed E-state index contributed by atoms with van der Waals surface area (Å²) in [4.78, 5) is 6.90. The maximum absolute atomic E-state index is 4.25. The number of aromatic nitrogens is 1. The van der Waals surface area contributed by atoms with Crippen LogP contribution in [0, 0.1) is 5.92 Å². The highest BCUT2D eigenvalue weighted by Gasteiger charge is 2.30. The second-order valence-electron chi connectivity index (χ2n) is 4.86. The predicted octanol–water partition coefficient (Wildman–Crippen LogP) is 3.47. The number of hydrogen-bond donors (Lipinski definition) is 0. The highest BCUT2D eigenvalue weighted by atomic mass is 35.5. The molecule has 3 aliphatic heterocycles. The number of piperidine rings is 1. The van der Waals surface area contributed by atoms with E-state index in [1.54, 1.807) is 0 Å². The molecule has 4 heteroatoms. The van der Waals surface area contributed by atoms with Crippen LogP contribution in [0.4, 0.5) is 0 Å². The quantitative estimate of drug-likeness (QED) is 0.780. The summed E-state index contributed by atoms with van der Waals surface area (Å²) in [5.74, 6) is 1.00. The summed E-state index contributed by atoms with van der Waals surface area (Å²) in [6, 6.07) is 4.94. The number of fused-ring (bicyclic) bond motifs is 4. The lowest BCUT2D eigenvalue weighted by atomic mass is 9.95. The molecular formula is C13H20Cl2N2. The van der Waals surface area contributed by atoms with E-state index in [4.69, 9.17) is 0 Å². The lowest BCUT2D eigenvalue weighted by molar-refractivity contribution is 0.170. The molecule has 0 aliphatic carbocycles. The molecule has 96 valence electrons. The van der Waals surface area contributed by atoms with Gasteiger partial charge in [0.1, 0.15) is 0 Å². The van der Waals surface area contributed by atoms with E-state index in [1.807, 2.05) is 12.4 Å². The van der Waals surface area contributed by atoms with Crippen LogP contribution in [0.5, 0.6) is 0 Å². The predicted molar refractivity (Wildman–Crippen MR) is 75.0 cm³/mol. The molecule has 0 saturated carbocycles. The fourth-order valence-corrected chi connectivity index (χ4v) is 3.08. The molecule has 1 atom stereocenters. The molecule has 3 fully saturated rings. The molecule has 4 heterocycles. The average Bonchev–Trinajstić information content (AvgIpc) is 2.63. The van der Waals surface area contributed by atoms with E-state index >= 15 is 0 Å². The van der Waals surface area contributed by atoms with Crippen LogP contribution in [0.2, 0.25) is 0 Å². The van der Waals surface area contributed by atoms with E-state index in [9.17, 15) is 0 Å². The number of nitrogens with zero attached hydrogens (tertiary/aromatic N) is 2. The molecule has 0 unspecified atom stereocenters. The summed E-state index contributed by atoms with van der Waals surface area (Å²) < 4.78 is 0. The van der Waals surface area contributed by atoms with Gasteiger partial charge < -0.3 is 0 Å². The standard InChI is InChI=1S/C13H18N2.2ClH/c1-2-12(10-14-7-1)13-4-3-11-5-8-15(13)9-6-11;;/h1-2,7,10-11,13H,3-6,8-9H2;2*1H/t13-;;/m0../s1. The largest absolute Gasteiger partial charge is 0.296 e. The zero-order chi connectivity index (χ0) is 10.1. The summed E-state index contributed by atoms with van der Waals surface area (Å²) in [6.07, 6.45) is 9.48. The summed E-state index contributed by atoms with van der Waals surface area (Å²) in [7, 11) is 0. The van der Waals surface area contributed by atoms with Crippen molar-refractivity contribution in [3.63, 3.8) is 0 Å². The molecule has 3 saturated heterocycles. The Hall–Kier alpha value is -0.310. The molecular weight excluding hydrogens is 255 g/mol. The van der Waals surface area contributed by atoms with Gasteiger partial charge in [0.05, 0.1) is 0 Å². The smallest absolute Gasteiger partial charge is 0.0363 e. The van der Waals surface area contributed by atoms with Crippen LogP contribution in [-0.2, 0) is 0 Å². The minimum Gasteiger partial charge on any atom is -0.296 e. The van der Waals surface area contributed by atoms with Crippen molar-refractivity contribution >= 4 is 24.8 Å². The van der Waals surface area contributed by atoms with Gasteiger partial charge in [0.15, 0.2) is 0 Å². The van der Waals surface area contributed by atoms with Crippen LogP contribution in [0.15, 0.2) is 24.5 Å². The van der Waals surface area contributed by atoms with Crippen molar-refractivity contribution in [3.8, 4) is 0 Å². The van der Waals surface area contributed by atoms with Crippen molar-refractivity contribution < 1.29 is 0 Å². The normalized spacial score (nSPS) is 30.9. The molecule has 2 bridgehead atoms. The average molecular weight is 275 g/mol. The van der Waals surface area contributed by atoms with Gasteiger partial charge in [-0.25, -0.2) is 0 Å². The number of halogens is 2. The number of rotatable bonds is 1. The summed E-state index contributed by atoms with van der Waals surface area (Å²) in [5, 5.41) is 0. The Morgan fingerprint density at radius 1 is 1.06 bits per heavy atom. The maximum Gasteiger partial charge on any atom is 0.0363 e. The fraction of sp³-hybridized carbons (Fsp3) is 0.615. The van der Waals surface area contributed by atoms with E-state index in [1.165, 1.54) is 44.3 Å². The first-order chi connectivity index (χ1) is 7.43. The van der Waals surface area contributed by atoms with Crippen LogP contribution in [0.1, 0.15) is 37.3 Å². The van der Waals surface area contributed by atoms with Gasteiger partial charge >= 0.3 is 0 Å². The third-order valence-corrected chi connectivity index (χ3v) is 4.01. The van der Waals surface area contributed by atoms with Crippen molar-refractivity contribution in [2.75, 3.05) is 13.1 Å². The van der Waals surface area contributed by atoms with E-state index < -0.39 is 0 Å². The number of hydrogen-bond acceptors (Lipinski definition) is 2. The van der Waals surface area contributed by atoms with Gasteiger partial charge in [-0.15, -0.1) is 24.8 Å². The Morgan fingerprint density at radius 3 is 2.47 bits per heavy atom. The first-order valence-electron chi connectivity index (χ1n) is 6.07. The summed E-state index contributed by atoms with van der Waals surface area (Å²) in [5.41, 5.74) is 1.42. The zero-order valence-electron chi connectivity index (χ0n) is 9.92. The van der Waals surface area contributed by atoms with Crippen LogP contribution in [0.3, 0.4) is 0 Å². The van der Waals surface area contributed by atoms with Crippen LogP contribution < -0.4 is 0 Å². The second-order valence-corrected chi connectivity index (χ2v) is 4.86. The fourth-order valence-electron chi connectivity index (χ4n) is 3.08. The van der Waals surface area contributed by atoms with Crippen LogP contribution in [0.25, 0.3) is 0 Å². The monoisotopic (exact) mass is 274 g/mol. The lowest BCUT2D eigenvalue weighted by Gasteiger charge is -2.32. The summed E-state index contributed by atoms with van der Waals surface area (Å²) in [6.45, 7) is 2.59. The molecule has 1 aromatic heterocycles. The molecule has 0 N–H and O–H groups in total. The maximum atomic E-state index is 4.25. The topological polar surface area (TPSA) is 16.1 Å². The molecule has 1 aromatic rings. The first kappa shape index (κ1) is 14.7. The SMILES string of the molecule is Cl.Cl.c1cncc([C@@H]2CCC3CCN2CC3)c1. The second kappa shape index (κ2) is 6.58. The zero-order valence-corrected chi connectivity index (χ0v) is 11.6. The van der Waals surface area contributed by atoms with Gasteiger partial charge in [-0.3, -0.25) is 9.88 Å². The van der Waals surface area contributed by atoms with Gasteiger partial charge in [-0.2, -0.15) is 0 Å². The van der Waals surface area contributed by atoms with Crippen molar-refractivity contribution in [1.82, 2.24) is 9.88 Å². The van der Waals surface area contributed by atoms with Crippen molar-refractivity contribution in [2.45, 2.75) is 31.7 Å². The molecule has 17 heavy (non-hydrogen) atoms. The van der Waals surface area contributed by atoms with Gasteiger partial charge in [-0.1, -0.05) is 6.07 Å². The van der Waals surface area contributed by atoms with E-state index in [0.717, 1.165) is 5.92 Å². The molecule has 0 aromatic carbocycles. The Morgan fingerprint density at radius 2 is 1.82 bits per heavy atom. The Labute approximate surface area is 116 Å². The molecule has 4 rings (SSSR count). The van der Waals surface area contributed by atoms with Crippen molar-refractivity contribution in [3.05, 3.63) is 30.1 Å². The third-order valence-electron chi connectivity index (χ3n) is 4.01. The van der Waals surface area contributed by atoms with Gasteiger partial charge in [0.2, 0.25) is 0 Å². The highest BCUT2D eigenvalue weighted by molar-refractivity contribution is 5.85. The Balaban J connectivity index is 0.000000722. The molecule has 0 amide bonds. The Bertz CT molecular complexity index is 323. The van der Waals surface area contributed by atoms with Crippen molar-refractivity contribution in [1.29, 1.82) is 0 Å². The van der Waals surface area contributed by atoms with E-state index in [-0.39, 0.29) is 24.8 Å². The van der Waals surface area contributed by atoms with Gasteiger partial charge in [0.25, 0.3) is 0 Å². The lowest BCUT2D eigenvalue weighted by Crippen LogP contribution is -2.33. The Kier molecular flexibility index (Phi) is 5.71. The van der Waals surface area contributed by atoms with E-state index in [0.29, 0.717) is 6.04 Å². The van der Waals surface area contributed by atoms with Gasteiger partial charge in [-0.05, 0) is 56.3 Å². The first-order valence-corrected chi connectivity index (χ1v) is 6.07.